The number of nitrogens with one attached hydrogen (secondary N) is 2. The largest absolute Gasteiger partial charge is 0.347 e. The molecule has 3 rings (SSSR count). The molecule has 1 aliphatic heterocycles. The molecule has 5 heteroatoms. The molecule has 0 unspecified atom stereocenters. The number of H-pyrrole nitrogens is 1. The van der Waals surface area contributed by atoms with Crippen LogP contribution in [0.4, 0.5) is 0 Å². The van der Waals surface area contributed by atoms with E-state index in [-0.39, 0.29) is 17.7 Å². The number of nitrogens with zero attached hydrogens (tertiary/aromatic N) is 2. The van der Waals surface area contributed by atoms with Gasteiger partial charge in [-0.25, -0.2) is 4.98 Å². The third-order valence-electron chi connectivity index (χ3n) is 5.43. The lowest BCUT2D eigenvalue weighted by atomic mass is 9.88. The molecule has 1 saturated heterocycles. The maximum absolute atomic E-state index is 13.2. The second-order valence-electron chi connectivity index (χ2n) is 7.96. The van der Waals surface area contributed by atoms with Gasteiger partial charge in [0, 0.05) is 31.1 Å². The number of rotatable bonds is 5. The number of carbonyl (C=O) groups is 1. The second kappa shape index (κ2) is 7.23. The summed E-state index contributed by atoms with van der Waals surface area (Å²) in [5.41, 5.74) is 2.84. The van der Waals surface area contributed by atoms with Crippen molar-refractivity contribution in [2.24, 2.45) is 5.92 Å². The number of benzene rings is 1. The third kappa shape index (κ3) is 3.68. The molecule has 1 amide bonds. The van der Waals surface area contributed by atoms with Crippen molar-refractivity contribution in [1.82, 2.24) is 20.2 Å². The molecule has 0 radical (unpaired) electrons. The lowest BCUT2D eigenvalue weighted by Gasteiger charge is -2.29. The fraction of sp³-hybridized carbons (Fsp3) is 0.524. The second-order valence-corrected chi connectivity index (χ2v) is 7.96. The maximum Gasteiger partial charge on any atom is 0.225 e. The van der Waals surface area contributed by atoms with Gasteiger partial charge in [-0.1, -0.05) is 37.3 Å². The van der Waals surface area contributed by atoms with Crippen LogP contribution in [-0.4, -0.2) is 40.9 Å². The average molecular weight is 354 g/mol. The van der Waals surface area contributed by atoms with E-state index < -0.39 is 5.54 Å². The van der Waals surface area contributed by atoms with Crippen LogP contribution in [0.3, 0.4) is 0 Å². The zero-order chi connectivity index (χ0) is 18.9. The Morgan fingerprint density at radius 2 is 2.00 bits per heavy atom. The molecule has 0 saturated carbocycles. The Kier molecular flexibility index (Phi) is 5.19. The highest BCUT2D eigenvalue weighted by Crippen LogP contribution is 2.34. The van der Waals surface area contributed by atoms with Gasteiger partial charge in [-0.15, -0.1) is 0 Å². The smallest absolute Gasteiger partial charge is 0.225 e. The fourth-order valence-corrected chi connectivity index (χ4v) is 3.94. The molecule has 2 aromatic rings. The Morgan fingerprint density at radius 3 is 2.62 bits per heavy atom. The summed E-state index contributed by atoms with van der Waals surface area (Å²) in [7, 11) is 2.07. The highest BCUT2D eigenvalue weighted by atomic mass is 16.2. The first-order valence-electron chi connectivity index (χ1n) is 9.43. The number of carbonyl (C=O) groups excluding carboxylic acids is 1. The first-order valence-corrected chi connectivity index (χ1v) is 9.43. The predicted molar refractivity (Wildman–Crippen MR) is 104 cm³/mol. The van der Waals surface area contributed by atoms with E-state index in [0.29, 0.717) is 0 Å². The van der Waals surface area contributed by atoms with Crippen molar-refractivity contribution < 1.29 is 4.79 Å². The third-order valence-corrected chi connectivity index (χ3v) is 5.43. The minimum atomic E-state index is -0.404. The SMILES string of the molecule is CCc1nc([C@@H]2CN(C)C[C@H]2C(=O)NC(C)(C)c2ccccc2)c(C)[nH]1. The van der Waals surface area contributed by atoms with Gasteiger partial charge in [-0.05, 0) is 33.4 Å². The number of aromatic amines is 1. The Bertz CT molecular complexity index is 766. The van der Waals surface area contributed by atoms with Gasteiger partial charge in [0.05, 0.1) is 17.2 Å². The van der Waals surface area contributed by atoms with Crippen molar-refractivity contribution in [1.29, 1.82) is 0 Å². The van der Waals surface area contributed by atoms with Crippen molar-refractivity contribution in [3.05, 3.63) is 53.1 Å². The van der Waals surface area contributed by atoms with Crippen LogP contribution in [0.5, 0.6) is 0 Å². The first kappa shape index (κ1) is 18.6. The quantitative estimate of drug-likeness (QED) is 0.868. The monoisotopic (exact) mass is 354 g/mol. The summed E-state index contributed by atoms with van der Waals surface area (Å²) in [5, 5.41) is 3.27. The van der Waals surface area contributed by atoms with E-state index in [9.17, 15) is 4.79 Å². The van der Waals surface area contributed by atoms with E-state index in [1.54, 1.807) is 0 Å². The molecular formula is C21H30N4O. The molecule has 140 valence electrons. The fourth-order valence-electron chi connectivity index (χ4n) is 3.94. The van der Waals surface area contributed by atoms with Crippen LogP contribution >= 0.6 is 0 Å². The van der Waals surface area contributed by atoms with E-state index in [1.165, 1.54) is 0 Å². The lowest BCUT2D eigenvalue weighted by Crippen LogP contribution is -2.45. The van der Waals surface area contributed by atoms with Gasteiger partial charge in [0.15, 0.2) is 0 Å². The Balaban J connectivity index is 1.81. The van der Waals surface area contributed by atoms with Crippen LogP contribution < -0.4 is 5.32 Å². The first-order chi connectivity index (χ1) is 12.3. The number of hydrogen-bond donors (Lipinski definition) is 2. The number of aromatic nitrogens is 2. The van der Waals surface area contributed by atoms with Crippen molar-refractivity contribution in [3.8, 4) is 0 Å². The number of aryl methyl sites for hydroxylation is 2. The molecule has 2 atom stereocenters. The van der Waals surface area contributed by atoms with Crippen LogP contribution in [0.25, 0.3) is 0 Å². The van der Waals surface area contributed by atoms with Gasteiger partial charge in [-0.2, -0.15) is 0 Å². The Labute approximate surface area is 156 Å². The average Bonchev–Trinajstić information content (AvgIpc) is 3.17. The molecule has 1 fully saturated rings. The molecule has 2 N–H and O–H groups in total. The van der Waals surface area contributed by atoms with Gasteiger partial charge in [0.25, 0.3) is 0 Å². The van der Waals surface area contributed by atoms with E-state index in [2.05, 4.69) is 62.1 Å². The zero-order valence-electron chi connectivity index (χ0n) is 16.5. The molecule has 1 aliphatic rings. The maximum atomic E-state index is 13.2. The predicted octanol–water partition coefficient (Wildman–Crippen LogP) is 2.98. The van der Waals surface area contributed by atoms with Crippen LogP contribution in [0.1, 0.15) is 49.5 Å². The molecular weight excluding hydrogens is 324 g/mol. The Hall–Kier alpha value is -2.14. The van der Waals surface area contributed by atoms with Crippen LogP contribution in [-0.2, 0) is 16.8 Å². The molecule has 0 aliphatic carbocycles. The van der Waals surface area contributed by atoms with E-state index in [1.807, 2.05) is 18.2 Å². The van der Waals surface area contributed by atoms with E-state index in [4.69, 9.17) is 4.98 Å². The Morgan fingerprint density at radius 1 is 1.31 bits per heavy atom. The van der Waals surface area contributed by atoms with E-state index >= 15 is 0 Å². The van der Waals surface area contributed by atoms with Crippen LogP contribution in [0.2, 0.25) is 0 Å². The van der Waals surface area contributed by atoms with Crippen molar-refractivity contribution in [3.63, 3.8) is 0 Å². The number of likely N-dealkylation sites (N-methyl/N-ethyl adjacent to an activating group) is 1. The molecule has 2 heterocycles. The molecule has 1 aromatic carbocycles. The van der Waals surface area contributed by atoms with Crippen molar-refractivity contribution in [2.75, 3.05) is 20.1 Å². The molecule has 1 aromatic heterocycles. The minimum Gasteiger partial charge on any atom is -0.347 e. The normalized spacial score (nSPS) is 21.1. The molecule has 26 heavy (non-hydrogen) atoms. The molecule has 0 spiro atoms. The summed E-state index contributed by atoms with van der Waals surface area (Å²) >= 11 is 0. The highest BCUT2D eigenvalue weighted by Gasteiger charge is 2.40. The summed E-state index contributed by atoms with van der Waals surface area (Å²) < 4.78 is 0. The van der Waals surface area contributed by atoms with Gasteiger partial charge >= 0.3 is 0 Å². The summed E-state index contributed by atoms with van der Waals surface area (Å²) in [6, 6.07) is 10.1. The standard InChI is InChI=1S/C21H30N4O/c1-6-18-22-14(2)19(23-18)16-12-25(5)13-17(16)20(26)24-21(3,4)15-10-8-7-9-11-15/h7-11,16-17H,6,12-13H2,1-5H3,(H,22,23)(H,24,26)/t16-,17-/m1/s1. The number of amides is 1. The van der Waals surface area contributed by atoms with Crippen LogP contribution in [0.15, 0.2) is 30.3 Å². The lowest BCUT2D eigenvalue weighted by molar-refractivity contribution is -0.126. The molecule has 5 nitrogen and oxygen atoms in total. The number of imidazole rings is 1. The number of likely N-dealkylation sites (tertiary alicyclic amines) is 1. The van der Waals surface area contributed by atoms with Gasteiger partial charge in [0.1, 0.15) is 5.82 Å². The summed E-state index contributed by atoms with van der Waals surface area (Å²) in [6.45, 7) is 9.89. The van der Waals surface area contributed by atoms with Gasteiger partial charge in [-0.3, -0.25) is 4.79 Å². The van der Waals surface area contributed by atoms with Gasteiger partial charge in [0.2, 0.25) is 5.91 Å². The van der Waals surface area contributed by atoms with Gasteiger partial charge < -0.3 is 15.2 Å². The summed E-state index contributed by atoms with van der Waals surface area (Å²) in [4.78, 5) is 23.5. The molecule has 0 bridgehead atoms. The van der Waals surface area contributed by atoms with E-state index in [0.717, 1.165) is 42.3 Å². The topological polar surface area (TPSA) is 61.0 Å². The van der Waals surface area contributed by atoms with Crippen molar-refractivity contribution in [2.45, 2.75) is 45.6 Å². The minimum absolute atomic E-state index is 0.0882. The van der Waals surface area contributed by atoms with Crippen molar-refractivity contribution >= 4 is 5.91 Å². The summed E-state index contributed by atoms with van der Waals surface area (Å²) in [5.74, 6) is 1.14. The highest BCUT2D eigenvalue weighted by molar-refractivity contribution is 5.81. The number of hydrogen-bond acceptors (Lipinski definition) is 3. The van der Waals surface area contributed by atoms with Crippen LogP contribution in [0, 0.1) is 12.8 Å². The summed E-state index contributed by atoms with van der Waals surface area (Å²) in [6.07, 6.45) is 0.876. The zero-order valence-corrected chi connectivity index (χ0v) is 16.5.